The van der Waals surface area contributed by atoms with E-state index in [1.807, 2.05) is 48.5 Å². The molecule has 8 nitrogen and oxygen atoms in total. The van der Waals surface area contributed by atoms with E-state index < -0.39 is 0 Å². The Morgan fingerprint density at radius 2 is 1.63 bits per heavy atom. The van der Waals surface area contributed by atoms with Crippen molar-refractivity contribution in [2.45, 2.75) is 0 Å². The molecule has 0 saturated heterocycles. The van der Waals surface area contributed by atoms with E-state index in [0.29, 0.717) is 34.0 Å². The quantitative estimate of drug-likeness (QED) is 0.416. The molecule has 0 radical (unpaired) electrons. The molecule has 4 aromatic rings. The standard InChI is InChI=1S/C27H26N4O4/c1-30(18-25(32)28-19-10-6-4-7-11-19)27(33)23-17-31(20-12-8-5-9-13-20)29-26(23)22-15-14-21(34-2)16-24(22)35-3/h4-17H,18H2,1-3H3,(H,28,32). The first-order chi connectivity index (χ1) is 17.0. The molecule has 0 fully saturated rings. The molecule has 0 bridgehead atoms. The van der Waals surface area contributed by atoms with Gasteiger partial charge in [-0.1, -0.05) is 36.4 Å². The fraction of sp³-hybridized carbons (Fsp3) is 0.148. The van der Waals surface area contributed by atoms with Gasteiger partial charge in [0.15, 0.2) is 0 Å². The first-order valence-corrected chi connectivity index (χ1v) is 11.0. The summed E-state index contributed by atoms with van der Waals surface area (Å²) < 4.78 is 12.5. The molecule has 0 unspecified atom stereocenters. The van der Waals surface area contributed by atoms with Crippen LogP contribution in [0, 0.1) is 0 Å². The Balaban J connectivity index is 1.68. The number of nitrogens with zero attached hydrogens (tertiary/aromatic N) is 3. The van der Waals surface area contributed by atoms with E-state index in [-0.39, 0.29) is 18.4 Å². The molecule has 8 heteroatoms. The van der Waals surface area contributed by atoms with Crippen LogP contribution in [0.15, 0.2) is 85.1 Å². The van der Waals surface area contributed by atoms with Crippen LogP contribution >= 0.6 is 0 Å². The summed E-state index contributed by atoms with van der Waals surface area (Å²) in [4.78, 5) is 27.4. The average molecular weight is 471 g/mol. The molecule has 0 aliphatic heterocycles. The van der Waals surface area contributed by atoms with Crippen LogP contribution in [0.5, 0.6) is 11.5 Å². The maximum absolute atomic E-state index is 13.5. The lowest BCUT2D eigenvalue weighted by Crippen LogP contribution is -2.35. The number of hydrogen-bond acceptors (Lipinski definition) is 5. The van der Waals surface area contributed by atoms with Gasteiger partial charge in [0.2, 0.25) is 5.91 Å². The molecule has 1 heterocycles. The molecule has 0 spiro atoms. The molecule has 178 valence electrons. The minimum atomic E-state index is -0.344. The van der Waals surface area contributed by atoms with Crippen LogP contribution in [0.4, 0.5) is 5.69 Å². The molecular formula is C27H26N4O4. The summed E-state index contributed by atoms with van der Waals surface area (Å²) >= 11 is 0. The first kappa shape index (κ1) is 23.6. The van der Waals surface area contributed by atoms with Crippen LogP contribution in [0.25, 0.3) is 16.9 Å². The van der Waals surface area contributed by atoms with Crippen molar-refractivity contribution >= 4 is 17.5 Å². The number of para-hydroxylation sites is 2. The van der Waals surface area contributed by atoms with E-state index >= 15 is 0 Å². The van der Waals surface area contributed by atoms with Crippen molar-refractivity contribution in [3.8, 4) is 28.4 Å². The van der Waals surface area contributed by atoms with E-state index in [1.165, 1.54) is 4.90 Å². The molecule has 4 rings (SSSR count). The summed E-state index contributed by atoms with van der Waals surface area (Å²) in [6.45, 7) is -0.122. The van der Waals surface area contributed by atoms with Gasteiger partial charge < -0.3 is 19.7 Å². The van der Waals surface area contributed by atoms with Crippen LogP contribution < -0.4 is 14.8 Å². The Morgan fingerprint density at radius 1 is 0.943 bits per heavy atom. The van der Waals surface area contributed by atoms with Crippen molar-refractivity contribution in [3.63, 3.8) is 0 Å². The Bertz CT molecular complexity index is 1320. The Morgan fingerprint density at radius 3 is 2.29 bits per heavy atom. The van der Waals surface area contributed by atoms with E-state index in [2.05, 4.69) is 5.32 Å². The maximum Gasteiger partial charge on any atom is 0.257 e. The predicted octanol–water partition coefficient (Wildman–Crippen LogP) is 4.27. The average Bonchev–Trinajstić information content (AvgIpc) is 3.34. The van der Waals surface area contributed by atoms with Gasteiger partial charge in [-0.05, 0) is 36.4 Å². The highest BCUT2D eigenvalue weighted by molar-refractivity contribution is 6.03. The predicted molar refractivity (Wildman–Crippen MR) is 134 cm³/mol. The third-order valence-corrected chi connectivity index (χ3v) is 5.41. The fourth-order valence-electron chi connectivity index (χ4n) is 3.65. The number of rotatable bonds is 8. The third kappa shape index (κ3) is 5.33. The van der Waals surface area contributed by atoms with Gasteiger partial charge in [0.25, 0.3) is 5.91 Å². The number of aromatic nitrogens is 2. The van der Waals surface area contributed by atoms with Crippen LogP contribution in [0.2, 0.25) is 0 Å². The monoisotopic (exact) mass is 470 g/mol. The van der Waals surface area contributed by atoms with Gasteiger partial charge >= 0.3 is 0 Å². The van der Waals surface area contributed by atoms with E-state index in [1.54, 1.807) is 62.5 Å². The summed E-state index contributed by atoms with van der Waals surface area (Å²) in [5, 5.41) is 7.51. The largest absolute Gasteiger partial charge is 0.497 e. The van der Waals surface area contributed by atoms with Gasteiger partial charge in [-0.25, -0.2) is 4.68 Å². The molecule has 2 amide bonds. The Labute approximate surface area is 203 Å². The third-order valence-electron chi connectivity index (χ3n) is 5.41. The highest BCUT2D eigenvalue weighted by Crippen LogP contribution is 2.35. The Kier molecular flexibility index (Phi) is 7.11. The number of carbonyl (C=O) groups excluding carboxylic acids is 2. The highest BCUT2D eigenvalue weighted by atomic mass is 16.5. The molecule has 0 atom stereocenters. The fourth-order valence-corrected chi connectivity index (χ4v) is 3.65. The molecule has 3 aromatic carbocycles. The van der Waals surface area contributed by atoms with Crippen LogP contribution in [-0.2, 0) is 4.79 Å². The molecule has 0 aliphatic rings. The van der Waals surface area contributed by atoms with Gasteiger partial charge in [-0.2, -0.15) is 5.10 Å². The molecule has 0 aliphatic carbocycles. The zero-order valence-corrected chi connectivity index (χ0v) is 19.8. The minimum Gasteiger partial charge on any atom is -0.497 e. The zero-order chi connectivity index (χ0) is 24.8. The topological polar surface area (TPSA) is 85.7 Å². The summed E-state index contributed by atoms with van der Waals surface area (Å²) in [5.74, 6) is 0.492. The molecule has 35 heavy (non-hydrogen) atoms. The molecule has 1 N–H and O–H groups in total. The number of benzene rings is 3. The second-order valence-electron chi connectivity index (χ2n) is 7.81. The van der Waals surface area contributed by atoms with E-state index in [4.69, 9.17) is 14.6 Å². The number of nitrogens with one attached hydrogen (secondary N) is 1. The number of amides is 2. The van der Waals surface area contributed by atoms with Gasteiger partial charge in [0.1, 0.15) is 17.2 Å². The normalized spacial score (nSPS) is 10.5. The smallest absolute Gasteiger partial charge is 0.257 e. The summed E-state index contributed by atoms with van der Waals surface area (Å²) in [7, 11) is 4.71. The van der Waals surface area contributed by atoms with E-state index in [9.17, 15) is 9.59 Å². The van der Waals surface area contributed by atoms with Crippen molar-refractivity contribution < 1.29 is 19.1 Å². The SMILES string of the molecule is COc1ccc(-c2nn(-c3ccccc3)cc2C(=O)N(C)CC(=O)Nc2ccccc2)c(OC)c1. The van der Waals surface area contributed by atoms with Crippen molar-refractivity contribution in [1.82, 2.24) is 14.7 Å². The molecule has 0 saturated carbocycles. The van der Waals surface area contributed by atoms with Crippen molar-refractivity contribution in [2.75, 3.05) is 33.1 Å². The number of likely N-dealkylation sites (N-methyl/N-ethyl adjacent to an activating group) is 1. The number of carbonyl (C=O) groups is 2. The Hall–Kier alpha value is -4.59. The first-order valence-electron chi connectivity index (χ1n) is 11.0. The summed E-state index contributed by atoms with van der Waals surface area (Å²) in [6.07, 6.45) is 1.67. The van der Waals surface area contributed by atoms with Crippen LogP contribution in [0.3, 0.4) is 0 Å². The lowest BCUT2D eigenvalue weighted by molar-refractivity contribution is -0.116. The highest BCUT2D eigenvalue weighted by Gasteiger charge is 2.25. The second-order valence-corrected chi connectivity index (χ2v) is 7.81. The number of hydrogen-bond donors (Lipinski definition) is 1. The molecule has 1 aromatic heterocycles. The summed E-state index contributed by atoms with van der Waals surface area (Å²) in [5.41, 5.74) is 2.87. The lowest BCUT2D eigenvalue weighted by atomic mass is 10.1. The molecular weight excluding hydrogens is 444 g/mol. The number of anilines is 1. The van der Waals surface area contributed by atoms with Gasteiger partial charge in [-0.15, -0.1) is 0 Å². The van der Waals surface area contributed by atoms with Crippen LogP contribution in [0.1, 0.15) is 10.4 Å². The number of ether oxygens (including phenoxy) is 2. The minimum absolute atomic E-state index is 0.122. The van der Waals surface area contributed by atoms with Crippen molar-refractivity contribution in [3.05, 3.63) is 90.6 Å². The van der Waals surface area contributed by atoms with Crippen LogP contribution in [-0.4, -0.2) is 54.3 Å². The van der Waals surface area contributed by atoms with Gasteiger partial charge in [0.05, 0.1) is 32.0 Å². The van der Waals surface area contributed by atoms with Crippen molar-refractivity contribution in [2.24, 2.45) is 0 Å². The lowest BCUT2D eigenvalue weighted by Gasteiger charge is -2.17. The van der Waals surface area contributed by atoms with Crippen molar-refractivity contribution in [1.29, 1.82) is 0 Å². The number of methoxy groups -OCH3 is 2. The van der Waals surface area contributed by atoms with Gasteiger partial charge in [0, 0.05) is 30.6 Å². The maximum atomic E-state index is 13.5. The van der Waals surface area contributed by atoms with Gasteiger partial charge in [-0.3, -0.25) is 9.59 Å². The summed E-state index contributed by atoms with van der Waals surface area (Å²) in [6, 6.07) is 23.9. The zero-order valence-electron chi connectivity index (χ0n) is 19.8. The second kappa shape index (κ2) is 10.6. The van der Waals surface area contributed by atoms with E-state index in [0.717, 1.165) is 5.69 Å².